The van der Waals surface area contributed by atoms with Gasteiger partial charge >= 0.3 is 0 Å². The van der Waals surface area contributed by atoms with Crippen molar-refractivity contribution in [2.24, 2.45) is 5.92 Å². The third kappa shape index (κ3) is 7.67. The zero-order valence-electron chi connectivity index (χ0n) is 18.0. The lowest BCUT2D eigenvalue weighted by atomic mass is 9.97. The molecule has 1 unspecified atom stereocenters. The number of carbonyl (C=O) groups is 1. The van der Waals surface area contributed by atoms with Crippen LogP contribution in [0.4, 0.5) is 11.4 Å². The number of rotatable bonds is 11. The Balaban J connectivity index is 2.03. The minimum Gasteiger partial charge on any atom is -0.349 e. The summed E-state index contributed by atoms with van der Waals surface area (Å²) < 4.78 is 25.5. The summed E-state index contributed by atoms with van der Waals surface area (Å²) >= 11 is 0. The van der Waals surface area contributed by atoms with Crippen LogP contribution in [-0.2, 0) is 14.8 Å². The second-order valence-electron chi connectivity index (χ2n) is 7.88. The molecule has 9 heteroatoms. The SMILES string of the molecule is CC(C)CC(NC(=O)CCCN(c1cccc([N+](=O)[O-])c1)S(C)(=O)=O)c1ccccc1. The fraction of sp³-hybridized carbons (Fsp3) is 0.409. The summed E-state index contributed by atoms with van der Waals surface area (Å²) in [6, 6.07) is 15.1. The number of carbonyl (C=O) groups excluding carboxylic acids is 1. The van der Waals surface area contributed by atoms with E-state index in [0.717, 1.165) is 22.5 Å². The molecule has 2 rings (SSSR count). The molecule has 0 fully saturated rings. The van der Waals surface area contributed by atoms with Gasteiger partial charge in [-0.1, -0.05) is 50.2 Å². The Morgan fingerprint density at radius 3 is 2.39 bits per heavy atom. The molecule has 8 nitrogen and oxygen atoms in total. The van der Waals surface area contributed by atoms with Crippen LogP contribution in [0, 0.1) is 16.0 Å². The smallest absolute Gasteiger partial charge is 0.271 e. The molecule has 1 atom stereocenters. The zero-order valence-corrected chi connectivity index (χ0v) is 18.8. The van der Waals surface area contributed by atoms with Crippen molar-refractivity contribution >= 4 is 27.3 Å². The lowest BCUT2D eigenvalue weighted by Gasteiger charge is -2.23. The van der Waals surface area contributed by atoms with Gasteiger partial charge in [0.15, 0.2) is 0 Å². The van der Waals surface area contributed by atoms with Crippen LogP contribution in [-0.4, -0.2) is 32.0 Å². The van der Waals surface area contributed by atoms with Crippen molar-refractivity contribution in [3.8, 4) is 0 Å². The van der Waals surface area contributed by atoms with E-state index >= 15 is 0 Å². The van der Waals surface area contributed by atoms with Gasteiger partial charge in [0.05, 0.1) is 22.9 Å². The summed E-state index contributed by atoms with van der Waals surface area (Å²) in [5, 5.41) is 14.1. The molecule has 0 saturated heterocycles. The third-order valence-electron chi connectivity index (χ3n) is 4.74. The van der Waals surface area contributed by atoms with E-state index in [0.29, 0.717) is 5.92 Å². The minimum absolute atomic E-state index is 0.0492. The van der Waals surface area contributed by atoms with E-state index in [4.69, 9.17) is 0 Å². The molecule has 0 aliphatic rings. The van der Waals surface area contributed by atoms with E-state index in [1.54, 1.807) is 0 Å². The number of nitrogens with one attached hydrogen (secondary N) is 1. The number of hydrogen-bond acceptors (Lipinski definition) is 5. The molecule has 0 aliphatic heterocycles. The van der Waals surface area contributed by atoms with Crippen LogP contribution in [0.5, 0.6) is 0 Å². The lowest BCUT2D eigenvalue weighted by Crippen LogP contribution is -2.33. The molecule has 0 aromatic heterocycles. The molecule has 31 heavy (non-hydrogen) atoms. The maximum absolute atomic E-state index is 12.6. The quantitative estimate of drug-likeness (QED) is 0.413. The molecule has 2 aromatic rings. The highest BCUT2D eigenvalue weighted by Crippen LogP contribution is 2.24. The van der Waals surface area contributed by atoms with Crippen molar-refractivity contribution in [3.63, 3.8) is 0 Å². The molecule has 0 saturated carbocycles. The van der Waals surface area contributed by atoms with Crippen LogP contribution < -0.4 is 9.62 Å². The predicted molar refractivity (Wildman–Crippen MR) is 121 cm³/mol. The largest absolute Gasteiger partial charge is 0.349 e. The Bertz CT molecular complexity index is 993. The van der Waals surface area contributed by atoms with Gasteiger partial charge in [-0.25, -0.2) is 8.42 Å². The molecule has 0 aliphatic carbocycles. The van der Waals surface area contributed by atoms with Gasteiger partial charge in [-0.3, -0.25) is 19.2 Å². The molecule has 2 aromatic carbocycles. The normalized spacial score (nSPS) is 12.4. The molecular weight excluding hydrogens is 418 g/mol. The van der Waals surface area contributed by atoms with Crippen LogP contribution in [0.2, 0.25) is 0 Å². The topological polar surface area (TPSA) is 110 Å². The summed E-state index contributed by atoms with van der Waals surface area (Å²) in [4.78, 5) is 23.0. The fourth-order valence-corrected chi connectivity index (χ4v) is 4.29. The summed E-state index contributed by atoms with van der Waals surface area (Å²) in [6.07, 6.45) is 2.26. The lowest BCUT2D eigenvalue weighted by molar-refractivity contribution is -0.384. The highest BCUT2D eigenvalue weighted by molar-refractivity contribution is 7.92. The van der Waals surface area contributed by atoms with Gasteiger partial charge in [0.2, 0.25) is 15.9 Å². The van der Waals surface area contributed by atoms with Crippen molar-refractivity contribution in [1.29, 1.82) is 0 Å². The monoisotopic (exact) mass is 447 g/mol. The first-order valence-corrected chi connectivity index (χ1v) is 12.0. The Hall–Kier alpha value is -2.94. The molecule has 0 bridgehead atoms. The summed E-state index contributed by atoms with van der Waals surface area (Å²) in [5.74, 6) is 0.224. The minimum atomic E-state index is -3.66. The van der Waals surface area contributed by atoms with Crippen molar-refractivity contribution in [1.82, 2.24) is 5.32 Å². The molecule has 168 valence electrons. The Morgan fingerprint density at radius 1 is 1.13 bits per heavy atom. The van der Waals surface area contributed by atoms with Gasteiger partial charge in [0, 0.05) is 25.1 Å². The number of hydrogen-bond donors (Lipinski definition) is 1. The molecule has 0 radical (unpaired) electrons. The molecule has 0 heterocycles. The van der Waals surface area contributed by atoms with Crippen molar-refractivity contribution in [3.05, 3.63) is 70.3 Å². The first-order chi connectivity index (χ1) is 14.6. The van der Waals surface area contributed by atoms with E-state index in [1.807, 2.05) is 30.3 Å². The van der Waals surface area contributed by atoms with E-state index in [2.05, 4.69) is 19.2 Å². The summed E-state index contributed by atoms with van der Waals surface area (Å²) in [7, 11) is -3.66. The number of nitro groups is 1. The number of anilines is 1. The van der Waals surface area contributed by atoms with E-state index in [9.17, 15) is 23.3 Å². The van der Waals surface area contributed by atoms with Crippen molar-refractivity contribution < 1.29 is 18.1 Å². The zero-order chi connectivity index (χ0) is 23.0. The highest BCUT2D eigenvalue weighted by atomic mass is 32.2. The number of sulfonamides is 1. The molecule has 1 N–H and O–H groups in total. The average Bonchev–Trinajstić information content (AvgIpc) is 2.70. The number of non-ortho nitro benzene ring substituents is 1. The van der Waals surface area contributed by atoms with Gasteiger partial charge in [0.1, 0.15) is 0 Å². The van der Waals surface area contributed by atoms with Crippen LogP contribution >= 0.6 is 0 Å². The molecule has 0 spiro atoms. The third-order valence-corrected chi connectivity index (χ3v) is 5.93. The molecular formula is C22H29N3O5S. The molecule has 1 amide bonds. The van der Waals surface area contributed by atoms with Crippen LogP contribution in [0.25, 0.3) is 0 Å². The van der Waals surface area contributed by atoms with Crippen LogP contribution in [0.3, 0.4) is 0 Å². The van der Waals surface area contributed by atoms with Gasteiger partial charge in [-0.05, 0) is 30.4 Å². The summed E-state index contributed by atoms with van der Waals surface area (Å²) in [6.45, 7) is 4.23. The van der Waals surface area contributed by atoms with Gasteiger partial charge in [-0.2, -0.15) is 0 Å². The Kier molecular flexibility index (Phi) is 8.56. The number of nitrogens with zero attached hydrogens (tertiary/aromatic N) is 2. The van der Waals surface area contributed by atoms with Gasteiger partial charge in [0.25, 0.3) is 5.69 Å². The fourth-order valence-electron chi connectivity index (χ4n) is 3.33. The average molecular weight is 448 g/mol. The first-order valence-electron chi connectivity index (χ1n) is 10.1. The Labute approximate surface area is 183 Å². The maximum atomic E-state index is 12.6. The van der Waals surface area contributed by atoms with Crippen LogP contribution in [0.1, 0.15) is 44.7 Å². The maximum Gasteiger partial charge on any atom is 0.271 e. The summed E-state index contributed by atoms with van der Waals surface area (Å²) in [5.41, 5.74) is 1.04. The second-order valence-corrected chi connectivity index (χ2v) is 9.78. The van der Waals surface area contributed by atoms with E-state index in [1.165, 1.54) is 24.3 Å². The number of nitro benzene ring substituents is 1. The predicted octanol–water partition coefficient (Wildman–Crippen LogP) is 4.04. The van der Waals surface area contributed by atoms with Crippen molar-refractivity contribution in [2.75, 3.05) is 17.1 Å². The van der Waals surface area contributed by atoms with Gasteiger partial charge in [-0.15, -0.1) is 0 Å². The standard InChI is InChI=1S/C22H29N3O5S/c1-17(2)15-21(18-9-5-4-6-10-18)23-22(26)13-8-14-24(31(3,29)30)19-11-7-12-20(16-19)25(27)28/h4-7,9-12,16-17,21H,8,13-15H2,1-3H3,(H,23,26). The van der Waals surface area contributed by atoms with E-state index in [-0.39, 0.29) is 42.7 Å². The second kappa shape index (κ2) is 10.9. The number of benzene rings is 2. The number of amides is 1. The first kappa shape index (κ1) is 24.3. The van der Waals surface area contributed by atoms with Crippen molar-refractivity contribution in [2.45, 2.75) is 39.2 Å². The van der Waals surface area contributed by atoms with Crippen LogP contribution in [0.15, 0.2) is 54.6 Å². The van der Waals surface area contributed by atoms with Gasteiger partial charge < -0.3 is 5.32 Å². The Morgan fingerprint density at radius 2 is 1.81 bits per heavy atom. The highest BCUT2D eigenvalue weighted by Gasteiger charge is 2.21. The van der Waals surface area contributed by atoms with E-state index < -0.39 is 14.9 Å².